The standard InChI is InChI=1S/C20H17N3O3S/c24-19-13-22-20(23-19)21-12-14-6-7-16-11-18(9-8-15(16)10-14)27(25,26)17-4-2-1-3-5-17/h1-11H,12-13H2,(H2,21,22,23,24). The third kappa shape index (κ3) is 3.54. The van der Waals surface area contributed by atoms with E-state index in [1.165, 1.54) is 0 Å². The van der Waals surface area contributed by atoms with Crippen molar-refractivity contribution in [3.63, 3.8) is 0 Å². The summed E-state index contributed by atoms with van der Waals surface area (Å²) in [6, 6.07) is 19.3. The lowest BCUT2D eigenvalue weighted by Crippen LogP contribution is -2.35. The van der Waals surface area contributed by atoms with Crippen molar-refractivity contribution in [1.29, 1.82) is 0 Å². The number of benzene rings is 3. The van der Waals surface area contributed by atoms with Crippen LogP contribution < -0.4 is 10.6 Å². The van der Waals surface area contributed by atoms with Gasteiger partial charge in [-0.05, 0) is 46.7 Å². The van der Waals surface area contributed by atoms with Gasteiger partial charge in [0.25, 0.3) is 0 Å². The molecule has 27 heavy (non-hydrogen) atoms. The summed E-state index contributed by atoms with van der Waals surface area (Å²) in [6.07, 6.45) is 0. The summed E-state index contributed by atoms with van der Waals surface area (Å²) in [4.78, 5) is 15.7. The lowest BCUT2D eigenvalue weighted by atomic mass is 10.1. The van der Waals surface area contributed by atoms with Crippen LogP contribution in [0.15, 0.2) is 81.5 Å². The minimum absolute atomic E-state index is 0.122. The molecule has 3 aromatic carbocycles. The van der Waals surface area contributed by atoms with Crippen LogP contribution in [-0.2, 0) is 21.2 Å². The van der Waals surface area contributed by atoms with Crippen LogP contribution in [0.25, 0.3) is 10.8 Å². The van der Waals surface area contributed by atoms with E-state index in [9.17, 15) is 13.2 Å². The van der Waals surface area contributed by atoms with E-state index in [1.807, 2.05) is 24.3 Å². The van der Waals surface area contributed by atoms with Gasteiger partial charge in [0, 0.05) is 6.54 Å². The molecule has 0 saturated carbocycles. The van der Waals surface area contributed by atoms with Crippen LogP contribution in [0.1, 0.15) is 5.56 Å². The number of nitrogens with zero attached hydrogens (tertiary/aromatic N) is 1. The van der Waals surface area contributed by atoms with E-state index in [-0.39, 0.29) is 22.2 Å². The molecule has 0 radical (unpaired) electrons. The molecule has 7 heteroatoms. The first kappa shape index (κ1) is 17.2. The van der Waals surface area contributed by atoms with Gasteiger partial charge >= 0.3 is 0 Å². The molecule has 0 fully saturated rings. The molecule has 0 aromatic heterocycles. The SMILES string of the molecule is O=C1CN=C(NCc2ccc3cc(S(=O)(=O)c4ccccc4)ccc3c2)N1. The van der Waals surface area contributed by atoms with Crippen molar-refractivity contribution >= 4 is 32.5 Å². The second-order valence-corrected chi connectivity index (χ2v) is 8.18. The molecule has 0 saturated heterocycles. The predicted molar refractivity (Wildman–Crippen MR) is 103 cm³/mol. The summed E-state index contributed by atoms with van der Waals surface area (Å²) in [7, 11) is -3.54. The highest BCUT2D eigenvalue weighted by molar-refractivity contribution is 7.91. The number of hydrogen-bond acceptors (Lipinski definition) is 5. The molecule has 1 heterocycles. The Labute approximate surface area is 156 Å². The molecule has 0 spiro atoms. The maximum Gasteiger partial charge on any atom is 0.248 e. The lowest BCUT2D eigenvalue weighted by molar-refractivity contribution is -0.117. The molecule has 2 N–H and O–H groups in total. The maximum absolute atomic E-state index is 12.8. The van der Waals surface area contributed by atoms with Gasteiger partial charge in [-0.25, -0.2) is 13.4 Å². The molecule has 3 aromatic rings. The van der Waals surface area contributed by atoms with Crippen LogP contribution in [-0.4, -0.2) is 26.8 Å². The summed E-state index contributed by atoms with van der Waals surface area (Å²) < 4.78 is 25.5. The van der Waals surface area contributed by atoms with Gasteiger partial charge in [0.2, 0.25) is 15.7 Å². The van der Waals surface area contributed by atoms with Gasteiger partial charge in [0.15, 0.2) is 5.96 Å². The number of carbonyl (C=O) groups is 1. The normalized spacial score (nSPS) is 14.1. The Bertz CT molecular complexity index is 1160. The van der Waals surface area contributed by atoms with Gasteiger partial charge in [0.1, 0.15) is 6.54 Å². The van der Waals surface area contributed by atoms with E-state index < -0.39 is 9.84 Å². The van der Waals surface area contributed by atoms with Crippen LogP contribution in [0.4, 0.5) is 0 Å². The number of rotatable bonds is 4. The fourth-order valence-corrected chi connectivity index (χ4v) is 4.25. The van der Waals surface area contributed by atoms with Crippen molar-refractivity contribution < 1.29 is 13.2 Å². The number of sulfone groups is 1. The van der Waals surface area contributed by atoms with Crippen LogP contribution in [0.3, 0.4) is 0 Å². The van der Waals surface area contributed by atoms with E-state index in [0.717, 1.165) is 16.3 Å². The van der Waals surface area contributed by atoms with Crippen LogP contribution in [0.2, 0.25) is 0 Å². The Hall–Kier alpha value is -3.19. The van der Waals surface area contributed by atoms with Crippen molar-refractivity contribution in [2.75, 3.05) is 6.54 Å². The number of hydrogen-bond donors (Lipinski definition) is 2. The van der Waals surface area contributed by atoms with Crippen molar-refractivity contribution in [2.45, 2.75) is 16.3 Å². The van der Waals surface area contributed by atoms with Crippen molar-refractivity contribution in [3.05, 3.63) is 72.3 Å². The Morgan fingerprint density at radius 2 is 1.67 bits per heavy atom. The molecule has 6 nitrogen and oxygen atoms in total. The van der Waals surface area contributed by atoms with Crippen molar-refractivity contribution in [1.82, 2.24) is 10.6 Å². The zero-order chi connectivity index (χ0) is 18.9. The maximum atomic E-state index is 12.8. The third-order valence-electron chi connectivity index (χ3n) is 4.34. The van der Waals surface area contributed by atoms with E-state index in [2.05, 4.69) is 15.6 Å². The van der Waals surface area contributed by atoms with Gasteiger partial charge in [-0.3, -0.25) is 10.1 Å². The summed E-state index contributed by atoms with van der Waals surface area (Å²) in [5.74, 6) is 0.354. The van der Waals surface area contributed by atoms with E-state index >= 15 is 0 Å². The average Bonchev–Trinajstić information content (AvgIpc) is 3.11. The zero-order valence-electron chi connectivity index (χ0n) is 14.3. The molecule has 1 aliphatic heterocycles. The van der Waals surface area contributed by atoms with E-state index in [4.69, 9.17) is 0 Å². The van der Waals surface area contributed by atoms with Gasteiger partial charge in [-0.2, -0.15) is 0 Å². The highest BCUT2D eigenvalue weighted by Crippen LogP contribution is 2.25. The van der Waals surface area contributed by atoms with Gasteiger partial charge < -0.3 is 5.32 Å². The first-order valence-electron chi connectivity index (χ1n) is 8.43. The van der Waals surface area contributed by atoms with Gasteiger partial charge in [-0.1, -0.05) is 36.4 Å². The summed E-state index contributed by atoms with van der Waals surface area (Å²) >= 11 is 0. The fraction of sp³-hybridized carbons (Fsp3) is 0.100. The van der Waals surface area contributed by atoms with Crippen molar-refractivity contribution in [2.24, 2.45) is 4.99 Å². The van der Waals surface area contributed by atoms with Crippen molar-refractivity contribution in [3.8, 4) is 0 Å². The summed E-state index contributed by atoms with van der Waals surface area (Å²) in [5.41, 5.74) is 1.00. The largest absolute Gasteiger partial charge is 0.352 e. The topological polar surface area (TPSA) is 87.6 Å². The molecule has 0 bridgehead atoms. The molecular weight excluding hydrogens is 362 g/mol. The molecule has 0 atom stereocenters. The second-order valence-electron chi connectivity index (χ2n) is 6.23. The van der Waals surface area contributed by atoms with Crippen LogP contribution in [0.5, 0.6) is 0 Å². The molecule has 0 aliphatic carbocycles. The molecule has 4 rings (SSSR count). The molecule has 0 unspecified atom stereocenters. The number of guanidine groups is 1. The Balaban J connectivity index is 1.58. The number of nitrogens with one attached hydrogen (secondary N) is 2. The summed E-state index contributed by atoms with van der Waals surface area (Å²) in [6.45, 7) is 0.665. The number of carbonyl (C=O) groups excluding carboxylic acids is 1. The fourth-order valence-electron chi connectivity index (χ4n) is 2.93. The zero-order valence-corrected chi connectivity index (χ0v) is 15.2. The molecule has 136 valence electrons. The Kier molecular flexibility index (Phi) is 4.37. The summed E-state index contributed by atoms with van der Waals surface area (Å²) in [5, 5.41) is 7.50. The smallest absolute Gasteiger partial charge is 0.248 e. The van der Waals surface area contributed by atoms with Crippen LogP contribution in [0, 0.1) is 0 Å². The monoisotopic (exact) mass is 379 g/mol. The van der Waals surface area contributed by atoms with Crippen LogP contribution >= 0.6 is 0 Å². The predicted octanol–water partition coefficient (Wildman–Crippen LogP) is 2.25. The highest BCUT2D eigenvalue weighted by atomic mass is 32.2. The quantitative estimate of drug-likeness (QED) is 0.728. The minimum atomic E-state index is -3.54. The first-order chi connectivity index (χ1) is 13.0. The minimum Gasteiger partial charge on any atom is -0.352 e. The average molecular weight is 379 g/mol. The number of fused-ring (bicyclic) bond motifs is 1. The third-order valence-corrected chi connectivity index (χ3v) is 6.11. The lowest BCUT2D eigenvalue weighted by Gasteiger charge is -2.09. The van der Waals surface area contributed by atoms with Gasteiger partial charge in [0.05, 0.1) is 9.79 Å². The molecule has 1 aliphatic rings. The highest BCUT2D eigenvalue weighted by Gasteiger charge is 2.17. The number of aliphatic imine (C=N–C) groups is 1. The first-order valence-corrected chi connectivity index (χ1v) is 9.92. The molecule has 1 amide bonds. The number of amides is 1. The Morgan fingerprint density at radius 1 is 0.926 bits per heavy atom. The van der Waals surface area contributed by atoms with E-state index in [0.29, 0.717) is 12.5 Å². The Morgan fingerprint density at radius 3 is 2.41 bits per heavy atom. The van der Waals surface area contributed by atoms with E-state index in [1.54, 1.807) is 42.5 Å². The van der Waals surface area contributed by atoms with Gasteiger partial charge in [-0.15, -0.1) is 0 Å². The molecular formula is C20H17N3O3S. The second kappa shape index (κ2) is 6.85.